The summed E-state index contributed by atoms with van der Waals surface area (Å²) < 4.78 is 0. The molecule has 23 heavy (non-hydrogen) atoms. The molecule has 0 amide bonds. The maximum Gasteiger partial charge on any atom is 0.276 e. The Morgan fingerprint density at radius 3 is 2.39 bits per heavy atom. The van der Waals surface area contributed by atoms with Gasteiger partial charge in [-0.1, -0.05) is 58.9 Å². The molecule has 0 spiro atoms. The summed E-state index contributed by atoms with van der Waals surface area (Å²) in [4.78, 5) is 11.0. The van der Waals surface area contributed by atoms with Crippen molar-refractivity contribution in [1.82, 2.24) is 0 Å². The molecule has 3 nitrogen and oxygen atoms in total. The summed E-state index contributed by atoms with van der Waals surface area (Å²) in [6.45, 7) is 10.9. The number of allylic oxidation sites excluding steroid dienone is 7. The summed E-state index contributed by atoms with van der Waals surface area (Å²) in [5, 5.41) is 11.3. The molecule has 0 radical (unpaired) electrons. The molecular formula is C20H31NO2. The Balaban J connectivity index is 0.00000127. The third kappa shape index (κ3) is 5.49. The lowest BCUT2D eigenvalue weighted by molar-refractivity contribution is -0.419. The highest BCUT2D eigenvalue weighted by Gasteiger charge is 2.27. The van der Waals surface area contributed by atoms with Crippen molar-refractivity contribution in [2.75, 3.05) is 0 Å². The Hall–Kier alpha value is -1.64. The van der Waals surface area contributed by atoms with Crippen molar-refractivity contribution < 1.29 is 4.92 Å². The van der Waals surface area contributed by atoms with Crippen molar-refractivity contribution in [2.24, 2.45) is 11.3 Å². The molecular weight excluding hydrogens is 286 g/mol. The maximum atomic E-state index is 11.3. The van der Waals surface area contributed by atoms with E-state index in [2.05, 4.69) is 26.8 Å². The van der Waals surface area contributed by atoms with Crippen LogP contribution in [0.25, 0.3) is 0 Å². The summed E-state index contributed by atoms with van der Waals surface area (Å²) in [6, 6.07) is 0. The zero-order valence-electron chi connectivity index (χ0n) is 15.3. The van der Waals surface area contributed by atoms with Gasteiger partial charge in [-0.05, 0) is 49.0 Å². The van der Waals surface area contributed by atoms with Crippen LogP contribution in [0.3, 0.4) is 0 Å². The largest absolute Gasteiger partial charge is 0.276 e. The van der Waals surface area contributed by atoms with E-state index in [1.165, 1.54) is 6.42 Å². The van der Waals surface area contributed by atoms with Crippen LogP contribution in [-0.2, 0) is 0 Å². The van der Waals surface area contributed by atoms with Gasteiger partial charge in [0, 0.05) is 6.08 Å². The standard InChI is InChI=1S/C18H25NO2.C2H6/c1-18(2,3)15-9-7-8-14(12-13-15)16-10-5-4-6-11-17(16)19(20)21;1-2/h5-6,8,10-11,15H,4,7,9,12-13H2,1-3H3;1-2H3. The molecule has 0 N–H and O–H groups in total. The van der Waals surface area contributed by atoms with E-state index < -0.39 is 0 Å². The van der Waals surface area contributed by atoms with Crippen molar-refractivity contribution in [2.45, 2.75) is 66.7 Å². The van der Waals surface area contributed by atoms with Crippen LogP contribution >= 0.6 is 0 Å². The van der Waals surface area contributed by atoms with Gasteiger partial charge in [0.15, 0.2) is 0 Å². The third-order valence-electron chi connectivity index (χ3n) is 4.54. The second kappa shape index (κ2) is 8.85. The number of nitrogens with zero attached hydrogens (tertiary/aromatic N) is 1. The number of rotatable bonds is 2. The van der Waals surface area contributed by atoms with E-state index >= 15 is 0 Å². The van der Waals surface area contributed by atoms with Crippen LogP contribution in [0.5, 0.6) is 0 Å². The summed E-state index contributed by atoms with van der Waals surface area (Å²) in [7, 11) is 0. The molecule has 2 aliphatic rings. The fourth-order valence-electron chi connectivity index (χ4n) is 3.20. The Labute approximate surface area is 141 Å². The van der Waals surface area contributed by atoms with Crippen LogP contribution in [0.1, 0.15) is 66.7 Å². The first kappa shape index (κ1) is 19.4. The normalized spacial score (nSPS) is 21.8. The van der Waals surface area contributed by atoms with E-state index in [4.69, 9.17) is 0 Å². The molecule has 3 heteroatoms. The van der Waals surface area contributed by atoms with Gasteiger partial charge in [-0.25, -0.2) is 0 Å². The Bertz CT molecular complexity index is 530. The van der Waals surface area contributed by atoms with E-state index in [0.717, 1.165) is 36.8 Å². The Morgan fingerprint density at radius 1 is 1.13 bits per heavy atom. The van der Waals surface area contributed by atoms with E-state index in [1.54, 1.807) is 6.08 Å². The highest BCUT2D eigenvalue weighted by Crippen LogP contribution is 2.38. The summed E-state index contributed by atoms with van der Waals surface area (Å²) >= 11 is 0. The minimum Gasteiger partial charge on any atom is -0.258 e. The first-order chi connectivity index (χ1) is 10.9. The predicted molar refractivity (Wildman–Crippen MR) is 97.8 cm³/mol. The molecule has 128 valence electrons. The van der Waals surface area contributed by atoms with Crippen LogP contribution in [0.15, 0.2) is 47.2 Å². The van der Waals surface area contributed by atoms with Gasteiger partial charge >= 0.3 is 0 Å². The average molecular weight is 317 g/mol. The monoisotopic (exact) mass is 317 g/mol. The molecule has 2 rings (SSSR count). The van der Waals surface area contributed by atoms with Crippen molar-refractivity contribution in [3.63, 3.8) is 0 Å². The van der Waals surface area contributed by atoms with Gasteiger partial charge in [0.05, 0.1) is 10.5 Å². The summed E-state index contributed by atoms with van der Waals surface area (Å²) in [6.07, 6.45) is 14.7. The van der Waals surface area contributed by atoms with Gasteiger partial charge in [0.1, 0.15) is 0 Å². The molecule has 0 saturated heterocycles. The van der Waals surface area contributed by atoms with E-state index in [9.17, 15) is 10.1 Å². The molecule has 1 atom stereocenters. The molecule has 1 unspecified atom stereocenters. The minimum atomic E-state index is -0.255. The lowest BCUT2D eigenvalue weighted by Crippen LogP contribution is -2.19. The molecule has 0 aliphatic heterocycles. The second-order valence-corrected chi connectivity index (χ2v) is 7.00. The lowest BCUT2D eigenvalue weighted by Gasteiger charge is -2.29. The third-order valence-corrected chi connectivity index (χ3v) is 4.54. The Kier molecular flexibility index (Phi) is 7.47. The van der Waals surface area contributed by atoms with Crippen molar-refractivity contribution in [3.05, 3.63) is 57.3 Å². The van der Waals surface area contributed by atoms with E-state index in [1.807, 2.05) is 32.1 Å². The highest BCUT2D eigenvalue weighted by atomic mass is 16.6. The minimum absolute atomic E-state index is 0.240. The van der Waals surface area contributed by atoms with Crippen LogP contribution in [0.2, 0.25) is 0 Å². The molecule has 0 fully saturated rings. The fourth-order valence-corrected chi connectivity index (χ4v) is 3.20. The van der Waals surface area contributed by atoms with Crippen LogP contribution in [-0.4, -0.2) is 4.92 Å². The number of nitro groups is 1. The van der Waals surface area contributed by atoms with Gasteiger partial charge in [-0.15, -0.1) is 0 Å². The van der Waals surface area contributed by atoms with Crippen molar-refractivity contribution >= 4 is 0 Å². The highest BCUT2D eigenvalue weighted by molar-refractivity contribution is 5.46. The summed E-state index contributed by atoms with van der Waals surface area (Å²) in [5.74, 6) is 0.677. The van der Waals surface area contributed by atoms with Gasteiger partial charge < -0.3 is 0 Å². The van der Waals surface area contributed by atoms with Gasteiger partial charge in [-0.3, -0.25) is 10.1 Å². The van der Waals surface area contributed by atoms with E-state index in [0.29, 0.717) is 11.3 Å². The molecule has 0 aromatic rings. The second-order valence-electron chi connectivity index (χ2n) is 7.00. The molecule has 0 aromatic heterocycles. The van der Waals surface area contributed by atoms with Crippen molar-refractivity contribution in [1.29, 1.82) is 0 Å². The number of hydrogen-bond donors (Lipinski definition) is 0. The topological polar surface area (TPSA) is 43.1 Å². The average Bonchev–Trinajstić information content (AvgIpc) is 2.89. The number of hydrogen-bond acceptors (Lipinski definition) is 2. The van der Waals surface area contributed by atoms with E-state index in [-0.39, 0.29) is 10.6 Å². The molecule has 0 bridgehead atoms. The summed E-state index contributed by atoms with van der Waals surface area (Å²) in [5.41, 5.74) is 2.51. The molecule has 2 aliphatic carbocycles. The van der Waals surface area contributed by atoms with Crippen LogP contribution < -0.4 is 0 Å². The van der Waals surface area contributed by atoms with Crippen LogP contribution in [0.4, 0.5) is 0 Å². The van der Waals surface area contributed by atoms with Gasteiger partial charge in [0.25, 0.3) is 5.70 Å². The first-order valence-electron chi connectivity index (χ1n) is 8.80. The fraction of sp³-hybridized carbons (Fsp3) is 0.600. The molecule has 0 heterocycles. The molecule has 0 aromatic carbocycles. The van der Waals surface area contributed by atoms with Gasteiger partial charge in [-0.2, -0.15) is 0 Å². The SMILES string of the molecule is CC.CC(C)(C)C1CCC=C(C2=C([N+](=O)[O-])C=CCC=C2)CC1. The lowest BCUT2D eigenvalue weighted by atomic mass is 9.76. The van der Waals surface area contributed by atoms with Crippen molar-refractivity contribution in [3.8, 4) is 0 Å². The zero-order chi connectivity index (χ0) is 17.5. The van der Waals surface area contributed by atoms with Gasteiger partial charge in [0.2, 0.25) is 0 Å². The maximum absolute atomic E-state index is 11.3. The Morgan fingerprint density at radius 2 is 1.78 bits per heavy atom. The predicted octanol–water partition coefficient (Wildman–Crippen LogP) is 6.22. The smallest absolute Gasteiger partial charge is 0.258 e. The van der Waals surface area contributed by atoms with Crippen LogP contribution in [0, 0.1) is 21.4 Å². The molecule has 0 saturated carbocycles. The first-order valence-corrected chi connectivity index (χ1v) is 8.80. The quantitative estimate of drug-likeness (QED) is 0.448. The zero-order valence-corrected chi connectivity index (χ0v) is 15.3.